The number of hydrogen-bond donors (Lipinski definition) is 2. The first-order chi connectivity index (χ1) is 15.7. The van der Waals surface area contributed by atoms with Crippen molar-refractivity contribution in [3.63, 3.8) is 0 Å². The van der Waals surface area contributed by atoms with E-state index in [1.54, 1.807) is 24.3 Å². The van der Waals surface area contributed by atoms with Gasteiger partial charge in [-0.1, -0.05) is 54.9 Å². The molecule has 7 nitrogen and oxygen atoms in total. The number of aromatic amines is 1. The van der Waals surface area contributed by atoms with Gasteiger partial charge in [-0.05, 0) is 55.2 Å². The zero-order valence-corrected chi connectivity index (χ0v) is 20.6. The molecule has 0 bridgehead atoms. The number of aromatic nitrogens is 2. The van der Waals surface area contributed by atoms with Gasteiger partial charge in [-0.3, -0.25) is 9.59 Å². The summed E-state index contributed by atoms with van der Waals surface area (Å²) in [7, 11) is -4.01. The van der Waals surface area contributed by atoms with Gasteiger partial charge in [-0.15, -0.1) is 0 Å². The number of unbranched alkanes of at least 4 members (excludes halogenated alkanes) is 1. The zero-order chi connectivity index (χ0) is 24.0. The molecule has 2 aromatic carbocycles. The summed E-state index contributed by atoms with van der Waals surface area (Å²) in [6.45, 7) is 3.98. The van der Waals surface area contributed by atoms with Crippen LogP contribution in [0.2, 0.25) is 5.02 Å². The molecule has 0 radical (unpaired) electrons. The molecule has 0 aliphatic carbocycles. The topological polar surface area (TPSA) is 109 Å². The highest BCUT2D eigenvalue weighted by Gasteiger charge is 2.22. The molecule has 0 fully saturated rings. The van der Waals surface area contributed by atoms with Crippen molar-refractivity contribution < 1.29 is 13.2 Å². The number of amides is 1. The summed E-state index contributed by atoms with van der Waals surface area (Å²) >= 11 is 7.09. The number of carbonyl (C=O) groups is 1. The Morgan fingerprint density at radius 3 is 2.55 bits per heavy atom. The first-order valence-electron chi connectivity index (χ1n) is 10.3. The van der Waals surface area contributed by atoms with Gasteiger partial charge < -0.3 is 10.3 Å². The van der Waals surface area contributed by atoms with Crippen molar-refractivity contribution in [1.29, 1.82) is 0 Å². The van der Waals surface area contributed by atoms with E-state index in [-0.39, 0.29) is 21.7 Å². The number of thioether (sulfide) groups is 1. The van der Waals surface area contributed by atoms with Crippen LogP contribution in [0.15, 0.2) is 68.4 Å². The van der Waals surface area contributed by atoms with Crippen LogP contribution < -0.4 is 10.9 Å². The Labute approximate surface area is 201 Å². The number of benzene rings is 2. The van der Waals surface area contributed by atoms with E-state index in [9.17, 15) is 18.0 Å². The lowest BCUT2D eigenvalue weighted by Gasteiger charge is -2.08. The molecule has 1 amide bonds. The van der Waals surface area contributed by atoms with Crippen LogP contribution in [0.25, 0.3) is 0 Å². The standard InChI is InChI=1S/C23H24ClN3O4S2/c1-3-4-5-16-7-9-17(10-8-16)33(30,31)20-13-25-23(27-22(20)29)32-14-21(28)26-19-11-6-15(2)12-18(19)24/h6-13H,3-5,14H2,1-2H3,(H,26,28)(H,25,27,29). The van der Waals surface area contributed by atoms with Crippen molar-refractivity contribution in [1.82, 2.24) is 9.97 Å². The largest absolute Gasteiger partial charge is 0.324 e. The van der Waals surface area contributed by atoms with E-state index < -0.39 is 20.3 Å². The summed E-state index contributed by atoms with van der Waals surface area (Å²) in [5.74, 6) is -0.383. The highest BCUT2D eigenvalue weighted by molar-refractivity contribution is 7.99. The van der Waals surface area contributed by atoms with Gasteiger partial charge >= 0.3 is 0 Å². The first-order valence-corrected chi connectivity index (χ1v) is 13.2. The van der Waals surface area contributed by atoms with Gasteiger partial charge in [-0.2, -0.15) is 0 Å². The molecule has 1 aromatic heterocycles. The van der Waals surface area contributed by atoms with Crippen LogP contribution in [0, 0.1) is 6.92 Å². The molecular formula is C23H24ClN3O4S2. The zero-order valence-electron chi connectivity index (χ0n) is 18.2. The number of aryl methyl sites for hydroxylation is 2. The number of carbonyl (C=O) groups excluding carboxylic acids is 1. The predicted octanol–water partition coefficient (Wildman–Crippen LogP) is 4.64. The van der Waals surface area contributed by atoms with E-state index in [0.717, 1.165) is 48.3 Å². The molecule has 0 aliphatic heterocycles. The average Bonchev–Trinajstić information content (AvgIpc) is 2.78. The van der Waals surface area contributed by atoms with E-state index in [1.165, 1.54) is 12.1 Å². The second-order valence-electron chi connectivity index (χ2n) is 7.45. The number of rotatable bonds is 9. The molecule has 0 saturated carbocycles. The summed E-state index contributed by atoms with van der Waals surface area (Å²) in [6.07, 6.45) is 3.96. The summed E-state index contributed by atoms with van der Waals surface area (Å²) < 4.78 is 25.7. The molecule has 33 heavy (non-hydrogen) atoms. The lowest BCUT2D eigenvalue weighted by molar-refractivity contribution is -0.113. The Bertz CT molecular complexity index is 1310. The maximum absolute atomic E-state index is 12.9. The fourth-order valence-corrected chi connectivity index (χ4v) is 5.17. The molecule has 3 aromatic rings. The molecule has 2 N–H and O–H groups in total. The van der Waals surface area contributed by atoms with Crippen LogP contribution >= 0.6 is 23.4 Å². The molecule has 0 spiro atoms. The third kappa shape index (κ3) is 6.46. The molecule has 0 aliphatic rings. The lowest BCUT2D eigenvalue weighted by Crippen LogP contribution is -2.20. The highest BCUT2D eigenvalue weighted by atomic mass is 35.5. The number of nitrogens with zero attached hydrogens (tertiary/aromatic N) is 1. The van der Waals surface area contributed by atoms with Crippen LogP contribution in [0.3, 0.4) is 0 Å². The summed E-state index contributed by atoms with van der Waals surface area (Å²) in [6, 6.07) is 11.8. The Morgan fingerprint density at radius 1 is 1.18 bits per heavy atom. The first kappa shape index (κ1) is 25.0. The number of anilines is 1. The smallest absolute Gasteiger partial charge is 0.270 e. The predicted molar refractivity (Wildman–Crippen MR) is 131 cm³/mol. The van der Waals surface area contributed by atoms with Gasteiger partial charge in [0.05, 0.1) is 27.6 Å². The minimum atomic E-state index is -4.01. The lowest BCUT2D eigenvalue weighted by atomic mass is 10.1. The fraction of sp³-hybridized carbons (Fsp3) is 0.261. The minimum absolute atomic E-state index is 0.0322. The van der Waals surface area contributed by atoms with Crippen LogP contribution in [0.4, 0.5) is 5.69 Å². The second-order valence-corrected chi connectivity index (χ2v) is 10.7. The average molecular weight is 506 g/mol. The molecule has 0 saturated heterocycles. The quantitative estimate of drug-likeness (QED) is 0.324. The number of H-pyrrole nitrogens is 1. The van der Waals surface area contributed by atoms with Crippen LogP contribution in [0.5, 0.6) is 0 Å². The second kappa shape index (κ2) is 11.0. The van der Waals surface area contributed by atoms with Gasteiger partial charge in [-0.25, -0.2) is 13.4 Å². The number of nitrogens with one attached hydrogen (secondary N) is 2. The minimum Gasteiger partial charge on any atom is -0.324 e. The molecule has 174 valence electrons. The molecule has 1 heterocycles. The molecule has 0 unspecified atom stereocenters. The monoisotopic (exact) mass is 505 g/mol. The third-order valence-electron chi connectivity index (χ3n) is 4.82. The van der Waals surface area contributed by atoms with Gasteiger partial charge in [0, 0.05) is 0 Å². The van der Waals surface area contributed by atoms with Crippen molar-refractivity contribution in [3.05, 3.63) is 75.2 Å². The number of halogens is 1. The third-order valence-corrected chi connectivity index (χ3v) is 7.79. The van der Waals surface area contributed by atoms with Crippen LogP contribution in [-0.4, -0.2) is 30.0 Å². The highest BCUT2D eigenvalue weighted by Crippen LogP contribution is 2.24. The normalized spacial score (nSPS) is 11.4. The van der Waals surface area contributed by atoms with Crippen molar-refractivity contribution in [2.45, 2.75) is 48.1 Å². The van der Waals surface area contributed by atoms with Gasteiger partial charge in [0.25, 0.3) is 5.56 Å². The maximum Gasteiger partial charge on any atom is 0.270 e. The summed E-state index contributed by atoms with van der Waals surface area (Å²) in [5.41, 5.74) is 1.71. The van der Waals surface area contributed by atoms with Crippen LogP contribution in [0.1, 0.15) is 30.9 Å². The Hall–Kier alpha value is -2.62. The molecule has 3 rings (SSSR count). The van der Waals surface area contributed by atoms with E-state index >= 15 is 0 Å². The van der Waals surface area contributed by atoms with Crippen LogP contribution in [-0.2, 0) is 21.1 Å². The summed E-state index contributed by atoms with van der Waals surface area (Å²) in [4.78, 5) is 30.7. The summed E-state index contributed by atoms with van der Waals surface area (Å²) in [5, 5.41) is 3.25. The van der Waals surface area contributed by atoms with E-state index in [4.69, 9.17) is 11.6 Å². The van der Waals surface area contributed by atoms with Gasteiger partial charge in [0.15, 0.2) is 10.1 Å². The fourth-order valence-electron chi connectivity index (χ4n) is 3.02. The molecule has 0 atom stereocenters. The molecular weight excluding hydrogens is 482 g/mol. The number of hydrogen-bond acceptors (Lipinski definition) is 6. The van der Waals surface area contributed by atoms with Gasteiger partial charge in [0.2, 0.25) is 15.7 Å². The van der Waals surface area contributed by atoms with Gasteiger partial charge in [0.1, 0.15) is 0 Å². The van der Waals surface area contributed by atoms with E-state index in [2.05, 4.69) is 22.2 Å². The Morgan fingerprint density at radius 2 is 1.91 bits per heavy atom. The number of sulfone groups is 1. The van der Waals surface area contributed by atoms with Crippen molar-refractivity contribution in [3.8, 4) is 0 Å². The SMILES string of the molecule is CCCCc1ccc(S(=O)(=O)c2cnc(SCC(=O)Nc3ccc(C)cc3Cl)[nH]c2=O)cc1. The Kier molecular flexibility index (Phi) is 8.34. The maximum atomic E-state index is 12.9. The van der Waals surface area contributed by atoms with Crippen molar-refractivity contribution in [2.75, 3.05) is 11.1 Å². The van der Waals surface area contributed by atoms with Crippen molar-refractivity contribution in [2.24, 2.45) is 0 Å². The van der Waals surface area contributed by atoms with E-state index in [1.807, 2.05) is 13.0 Å². The Balaban J connectivity index is 1.67. The molecule has 10 heteroatoms. The van der Waals surface area contributed by atoms with Crippen molar-refractivity contribution >= 4 is 44.8 Å². The van der Waals surface area contributed by atoms with E-state index in [0.29, 0.717) is 10.7 Å².